The molecule has 0 N–H and O–H groups in total. The first kappa shape index (κ1) is 10.4. The van der Waals surface area contributed by atoms with E-state index in [0.29, 0.717) is 0 Å². The third-order valence-electron chi connectivity index (χ3n) is 7.25. The van der Waals surface area contributed by atoms with Gasteiger partial charge in [-0.2, -0.15) is 0 Å². The molecule has 0 aromatic heterocycles. The largest absolute Gasteiger partial charge is 0.0636 e. The van der Waals surface area contributed by atoms with E-state index >= 15 is 0 Å². The molecule has 9 rings (SSSR count). The summed E-state index contributed by atoms with van der Waals surface area (Å²) in [6.07, 6.45) is 0. The van der Waals surface area contributed by atoms with E-state index in [4.69, 9.17) is 28.8 Å². The molecule has 0 heteroatoms. The monoisotopic (exact) mass is 640 g/mol. The molecule has 0 unspecified atom stereocenters. The Balaban J connectivity index is 1.74. The molecule has 0 amide bonds. The molecule has 0 aliphatic carbocycles. The highest BCUT2D eigenvalue weighted by Crippen LogP contribution is 2.46. The predicted octanol–water partition coefficient (Wildman–Crippen LogP) is 13.5. The summed E-state index contributed by atoms with van der Waals surface area (Å²) >= 11 is 0. The lowest BCUT2D eigenvalue weighted by molar-refractivity contribution is 1.58. The minimum absolute atomic E-state index is 0.674. The Labute approximate surface area is 326 Å². The maximum Gasteiger partial charge on any atom is 0.0636 e. The Morgan fingerprint density at radius 1 is 0.229 bits per heavy atom. The zero-order chi connectivity index (χ0) is 59.7. The predicted molar refractivity (Wildman–Crippen MR) is 206 cm³/mol. The summed E-state index contributed by atoms with van der Waals surface area (Å²) in [5.74, 6) is 0. The van der Waals surface area contributed by atoms with Crippen LogP contribution in [0.4, 0.5) is 0 Å². The van der Waals surface area contributed by atoms with Gasteiger partial charge in [-0.05, 0) is 118 Å². The third kappa shape index (κ3) is 4.96. The summed E-state index contributed by atoms with van der Waals surface area (Å²) in [6.45, 7) is 0. The van der Waals surface area contributed by atoms with Crippen LogP contribution in [0.15, 0.2) is 193 Å². The highest BCUT2D eigenvalue weighted by Gasteiger charge is 2.19. The van der Waals surface area contributed by atoms with Crippen LogP contribution in [0.3, 0.4) is 0 Å². The van der Waals surface area contributed by atoms with Gasteiger partial charge in [0.05, 0.1) is 43.9 Å². The molecule has 0 fully saturated rings. The lowest BCUT2D eigenvalue weighted by Crippen LogP contribution is -1.93. The van der Waals surface area contributed by atoms with Gasteiger partial charge in [0, 0.05) is 0 Å². The van der Waals surface area contributed by atoms with Crippen LogP contribution in [0, 0.1) is 0 Å². The lowest BCUT2D eigenvalue weighted by Gasteiger charge is -2.20. The zero-order valence-electron chi connectivity index (χ0n) is 56.0. The SMILES string of the molecule is [2H]c1c([2H])c([2H])c(-c2c([2H])c(-c3c([2H])c([2H])c([2H])c([2H])c3[2H])c([2H])c(-c3c4c([2H])c([2H])c([2H])c([2H])c4c(-c4c([2H])c([2H])c5c([2H])c([2H])c([2H])c([2H])c5c4[2H])c4c([2H])c([2H])c(-c5c([2H])c([2H])c([2H])c([2H])c5[2H])c([2H])c34)c2[2H])c([2H])c1[2H]. The van der Waals surface area contributed by atoms with Crippen molar-refractivity contribution in [3.05, 3.63) is 193 Å². The van der Waals surface area contributed by atoms with E-state index in [2.05, 4.69) is 0 Å². The molecule has 0 aliphatic heterocycles. The molecule has 0 spiro atoms. The Kier molecular flexibility index (Phi) is 2.56. The molecular weight excluding hydrogens is 577 g/mol. The fourth-order valence-corrected chi connectivity index (χ4v) is 5.22. The van der Waals surface area contributed by atoms with Crippen LogP contribution in [0.5, 0.6) is 0 Å². The summed E-state index contributed by atoms with van der Waals surface area (Å²) in [7, 11) is 0. The van der Waals surface area contributed by atoms with Crippen molar-refractivity contribution in [1.29, 1.82) is 0 Å². The standard InChI is InChI=1S/C48H32/c1-4-14-33(15-5-1)38-26-27-45-46(32-38)48(42-30-40(34-16-6-2-7-17-34)29-41(31-42)35-18-8-3-9-19-35)44-23-13-12-22-43(44)47(45)39-25-24-36-20-10-11-21-37(36)28-39/h1-32H/i1D,2D,3D,4D,5D,6D,7D,8D,9D,10D,11D,12D,13D,14D,15D,16D,17D,18D,19D,20D,21D,22D,23D,24D,25D,26D,27D,28D,29D,30D,31D,32D. The van der Waals surface area contributed by atoms with E-state index in [1.54, 1.807) is 0 Å². The van der Waals surface area contributed by atoms with Crippen molar-refractivity contribution in [2.75, 3.05) is 0 Å². The molecule has 0 saturated carbocycles. The second-order valence-corrected chi connectivity index (χ2v) is 10.0. The first-order chi connectivity index (χ1) is 37.1. The van der Waals surface area contributed by atoms with Gasteiger partial charge in [0.25, 0.3) is 0 Å². The number of benzene rings is 9. The van der Waals surface area contributed by atoms with Crippen LogP contribution in [-0.2, 0) is 0 Å². The highest BCUT2D eigenvalue weighted by atomic mass is 14.2. The number of hydrogen-bond acceptors (Lipinski definition) is 0. The molecule has 0 atom stereocenters. The minimum atomic E-state index is -1.26. The third-order valence-corrected chi connectivity index (χ3v) is 7.25. The smallest absolute Gasteiger partial charge is 0.0622 e. The normalized spacial score (nSPS) is 20.7. The van der Waals surface area contributed by atoms with Crippen molar-refractivity contribution in [2.45, 2.75) is 0 Å². The molecule has 9 aromatic carbocycles. The molecule has 0 bridgehead atoms. The summed E-state index contributed by atoms with van der Waals surface area (Å²) in [5, 5.41) is -5.24. The molecule has 9 aromatic rings. The minimum Gasteiger partial charge on any atom is -0.0622 e. The Bertz CT molecular complexity index is 4240. The van der Waals surface area contributed by atoms with Crippen molar-refractivity contribution in [3.63, 3.8) is 0 Å². The van der Waals surface area contributed by atoms with Gasteiger partial charge in [-0.1, -0.05) is 163 Å². The van der Waals surface area contributed by atoms with Crippen LogP contribution >= 0.6 is 0 Å². The molecule has 0 radical (unpaired) electrons. The van der Waals surface area contributed by atoms with E-state index in [1.807, 2.05) is 0 Å². The maximum absolute atomic E-state index is 10.2. The number of rotatable bonds is 5. The first-order valence-electron chi connectivity index (χ1n) is 30.0. The van der Waals surface area contributed by atoms with Gasteiger partial charge in [-0.25, -0.2) is 0 Å². The first-order valence-corrected chi connectivity index (χ1v) is 14.0. The van der Waals surface area contributed by atoms with Gasteiger partial charge >= 0.3 is 0 Å². The van der Waals surface area contributed by atoms with Crippen molar-refractivity contribution in [2.24, 2.45) is 0 Å². The molecule has 224 valence electrons. The molecule has 0 aliphatic rings. The summed E-state index contributed by atoms with van der Waals surface area (Å²) in [5.41, 5.74) is -9.93. The molecule has 0 saturated heterocycles. The van der Waals surface area contributed by atoms with Gasteiger partial charge < -0.3 is 0 Å². The Hall–Kier alpha value is -6.24. The van der Waals surface area contributed by atoms with E-state index < -0.39 is 281 Å². The van der Waals surface area contributed by atoms with Gasteiger partial charge in [0.1, 0.15) is 0 Å². The molecule has 48 heavy (non-hydrogen) atoms. The molecule has 0 nitrogen and oxygen atoms in total. The highest BCUT2D eigenvalue weighted by molar-refractivity contribution is 6.22. The van der Waals surface area contributed by atoms with Crippen molar-refractivity contribution in [3.8, 4) is 55.6 Å². The second-order valence-electron chi connectivity index (χ2n) is 10.0. The van der Waals surface area contributed by atoms with E-state index in [0.717, 1.165) is 0 Å². The summed E-state index contributed by atoms with van der Waals surface area (Å²) in [4.78, 5) is 0. The van der Waals surface area contributed by atoms with E-state index in [-0.39, 0.29) is 0 Å². The number of fused-ring (bicyclic) bond motifs is 3. The van der Waals surface area contributed by atoms with Crippen molar-refractivity contribution >= 4 is 32.3 Å². The average Bonchev–Trinajstić information content (AvgIpc) is 3.49. The fourth-order valence-electron chi connectivity index (χ4n) is 5.22. The molecular formula is C48H32. The molecule has 0 heterocycles. The Morgan fingerprint density at radius 2 is 0.667 bits per heavy atom. The van der Waals surface area contributed by atoms with E-state index in [1.165, 1.54) is 0 Å². The van der Waals surface area contributed by atoms with Crippen LogP contribution in [0.25, 0.3) is 88.0 Å². The zero-order valence-corrected chi connectivity index (χ0v) is 24.0. The fraction of sp³-hybridized carbons (Fsp3) is 0. The Morgan fingerprint density at radius 3 is 1.27 bits per heavy atom. The van der Waals surface area contributed by atoms with Crippen molar-refractivity contribution in [1.82, 2.24) is 0 Å². The maximum atomic E-state index is 10.2. The van der Waals surface area contributed by atoms with Crippen LogP contribution < -0.4 is 0 Å². The average molecular weight is 641 g/mol. The van der Waals surface area contributed by atoms with Gasteiger partial charge in [0.2, 0.25) is 0 Å². The topological polar surface area (TPSA) is 0 Å². The van der Waals surface area contributed by atoms with Crippen LogP contribution in [0.1, 0.15) is 43.9 Å². The van der Waals surface area contributed by atoms with Gasteiger partial charge in [-0.15, -0.1) is 0 Å². The van der Waals surface area contributed by atoms with Crippen LogP contribution in [-0.4, -0.2) is 0 Å². The van der Waals surface area contributed by atoms with E-state index in [9.17, 15) is 15.1 Å². The van der Waals surface area contributed by atoms with Crippen LogP contribution in [0.2, 0.25) is 0 Å². The number of hydrogen-bond donors (Lipinski definition) is 0. The van der Waals surface area contributed by atoms with Gasteiger partial charge in [0.15, 0.2) is 0 Å². The lowest BCUT2D eigenvalue weighted by atomic mass is 9.83. The van der Waals surface area contributed by atoms with Crippen molar-refractivity contribution < 1.29 is 43.9 Å². The second kappa shape index (κ2) is 11.8. The summed E-state index contributed by atoms with van der Waals surface area (Å²) in [6, 6.07) is -34.5. The quantitative estimate of drug-likeness (QED) is 0.164. The van der Waals surface area contributed by atoms with Gasteiger partial charge in [-0.3, -0.25) is 0 Å². The summed E-state index contributed by atoms with van der Waals surface area (Å²) < 4.78 is 290.